The molecule has 2 aromatic carbocycles. The van der Waals surface area contributed by atoms with Gasteiger partial charge in [0, 0.05) is 42.3 Å². The molecule has 37 heavy (non-hydrogen) atoms. The van der Waals surface area contributed by atoms with Crippen molar-refractivity contribution in [3.63, 3.8) is 0 Å². The van der Waals surface area contributed by atoms with Crippen molar-refractivity contribution in [1.82, 2.24) is 24.6 Å². The van der Waals surface area contributed by atoms with Crippen molar-refractivity contribution in [1.29, 1.82) is 0 Å². The summed E-state index contributed by atoms with van der Waals surface area (Å²) in [4.78, 5) is 43.5. The standard InChI is InChI=1S/C27H27N7O3/c1-3-23(35)30-16-22-29-13-15-32(22)18-8-10-19(11-9-18)33-14-12-21-24(26(28)36)31-34(25(21)27(33)37)20-6-4-17(2)5-7-20/h4-11,13,15H,3,12,14,16H2,1-2H3,(H2,28,36)(H,30,35). The summed E-state index contributed by atoms with van der Waals surface area (Å²) in [6, 6.07) is 15.1. The van der Waals surface area contributed by atoms with Gasteiger partial charge in [0.2, 0.25) is 5.91 Å². The van der Waals surface area contributed by atoms with E-state index in [1.807, 2.05) is 66.2 Å². The molecule has 0 bridgehead atoms. The minimum absolute atomic E-state index is 0.0442. The highest BCUT2D eigenvalue weighted by molar-refractivity contribution is 6.09. The molecule has 0 atom stereocenters. The van der Waals surface area contributed by atoms with Gasteiger partial charge in [-0.15, -0.1) is 0 Å². The summed E-state index contributed by atoms with van der Waals surface area (Å²) in [7, 11) is 0. The number of aryl methyl sites for hydroxylation is 1. The predicted molar refractivity (Wildman–Crippen MR) is 138 cm³/mol. The number of carbonyl (C=O) groups is 3. The number of benzene rings is 2. The van der Waals surface area contributed by atoms with E-state index in [0.29, 0.717) is 48.7 Å². The van der Waals surface area contributed by atoms with Gasteiger partial charge in [-0.1, -0.05) is 24.6 Å². The smallest absolute Gasteiger partial charge is 0.277 e. The van der Waals surface area contributed by atoms with Gasteiger partial charge in [-0.2, -0.15) is 5.10 Å². The fraction of sp³-hybridized carbons (Fsp3) is 0.222. The van der Waals surface area contributed by atoms with Crippen molar-refractivity contribution in [2.75, 3.05) is 11.4 Å². The van der Waals surface area contributed by atoms with E-state index in [1.165, 1.54) is 4.68 Å². The Morgan fingerprint density at radius 2 is 1.70 bits per heavy atom. The lowest BCUT2D eigenvalue weighted by molar-refractivity contribution is -0.120. The van der Waals surface area contributed by atoms with E-state index in [2.05, 4.69) is 15.4 Å². The lowest BCUT2D eigenvalue weighted by atomic mass is 10.0. The summed E-state index contributed by atoms with van der Waals surface area (Å²) in [6.07, 6.45) is 4.37. The molecule has 0 fully saturated rings. The highest BCUT2D eigenvalue weighted by Gasteiger charge is 2.34. The summed E-state index contributed by atoms with van der Waals surface area (Å²) in [5.74, 6) is -0.245. The third-order valence-corrected chi connectivity index (χ3v) is 6.45. The molecular formula is C27H27N7O3. The second-order valence-corrected chi connectivity index (χ2v) is 8.85. The number of nitrogens with zero attached hydrogens (tertiary/aromatic N) is 5. The first-order chi connectivity index (χ1) is 17.9. The average molecular weight is 498 g/mol. The van der Waals surface area contributed by atoms with Gasteiger partial charge in [-0.05, 0) is 49.7 Å². The number of amides is 3. The monoisotopic (exact) mass is 497 g/mol. The summed E-state index contributed by atoms with van der Waals surface area (Å²) in [5, 5.41) is 7.26. The lowest BCUT2D eigenvalue weighted by Gasteiger charge is -2.28. The van der Waals surface area contributed by atoms with Crippen LogP contribution in [0, 0.1) is 6.92 Å². The SMILES string of the molecule is CCC(=O)NCc1nccn1-c1ccc(N2CCc3c(C(N)=O)nn(-c4ccc(C)cc4)c3C2=O)cc1. The summed E-state index contributed by atoms with van der Waals surface area (Å²) < 4.78 is 3.40. The molecule has 10 heteroatoms. The van der Waals surface area contributed by atoms with E-state index in [9.17, 15) is 14.4 Å². The van der Waals surface area contributed by atoms with Gasteiger partial charge in [0.05, 0.1) is 12.2 Å². The number of hydrogen-bond donors (Lipinski definition) is 2. The molecule has 2 aromatic heterocycles. The second kappa shape index (κ2) is 9.73. The van der Waals surface area contributed by atoms with Crippen molar-refractivity contribution in [2.45, 2.75) is 33.2 Å². The van der Waals surface area contributed by atoms with Gasteiger partial charge in [0.15, 0.2) is 5.69 Å². The Morgan fingerprint density at radius 1 is 1.03 bits per heavy atom. The molecule has 0 saturated heterocycles. The molecular weight excluding hydrogens is 470 g/mol. The van der Waals surface area contributed by atoms with E-state index in [4.69, 9.17) is 5.73 Å². The third-order valence-electron chi connectivity index (χ3n) is 6.45. The lowest BCUT2D eigenvalue weighted by Crippen LogP contribution is -2.39. The largest absolute Gasteiger partial charge is 0.364 e. The van der Waals surface area contributed by atoms with Crippen molar-refractivity contribution in [2.24, 2.45) is 5.73 Å². The van der Waals surface area contributed by atoms with Crippen LogP contribution >= 0.6 is 0 Å². The number of aromatic nitrogens is 4. The van der Waals surface area contributed by atoms with Crippen LogP contribution in [0.3, 0.4) is 0 Å². The van der Waals surface area contributed by atoms with E-state index in [1.54, 1.807) is 18.0 Å². The first-order valence-electron chi connectivity index (χ1n) is 12.1. The average Bonchev–Trinajstić information content (AvgIpc) is 3.54. The highest BCUT2D eigenvalue weighted by Crippen LogP contribution is 2.29. The quantitative estimate of drug-likeness (QED) is 0.406. The maximum Gasteiger partial charge on any atom is 0.277 e. The Labute approximate surface area is 213 Å². The Bertz CT molecular complexity index is 1480. The zero-order valence-corrected chi connectivity index (χ0v) is 20.6. The molecule has 0 aliphatic carbocycles. The Morgan fingerprint density at radius 3 is 2.38 bits per heavy atom. The van der Waals surface area contributed by atoms with Gasteiger partial charge in [-0.3, -0.25) is 14.4 Å². The highest BCUT2D eigenvalue weighted by atomic mass is 16.2. The molecule has 0 spiro atoms. The maximum absolute atomic E-state index is 13.7. The summed E-state index contributed by atoms with van der Waals surface area (Å²) in [6.45, 7) is 4.49. The topological polar surface area (TPSA) is 128 Å². The van der Waals surface area contributed by atoms with Crippen LogP contribution in [0.2, 0.25) is 0 Å². The van der Waals surface area contributed by atoms with Crippen LogP contribution in [0.1, 0.15) is 51.3 Å². The molecule has 4 aromatic rings. The summed E-state index contributed by atoms with van der Waals surface area (Å²) in [5.41, 5.74) is 9.97. The normalized spacial score (nSPS) is 12.9. The number of hydrogen-bond acceptors (Lipinski definition) is 5. The van der Waals surface area contributed by atoms with Crippen LogP contribution in [0.5, 0.6) is 0 Å². The van der Waals surface area contributed by atoms with Crippen LogP contribution in [0.25, 0.3) is 11.4 Å². The molecule has 3 heterocycles. The summed E-state index contributed by atoms with van der Waals surface area (Å²) >= 11 is 0. The predicted octanol–water partition coefficient (Wildman–Crippen LogP) is 2.69. The van der Waals surface area contributed by atoms with E-state index >= 15 is 0 Å². The third kappa shape index (κ3) is 4.49. The van der Waals surface area contributed by atoms with Crippen molar-refractivity contribution in [3.8, 4) is 11.4 Å². The Hall–Kier alpha value is -4.73. The minimum atomic E-state index is -0.654. The van der Waals surface area contributed by atoms with E-state index in [0.717, 1.165) is 16.9 Å². The van der Waals surface area contributed by atoms with Gasteiger partial charge >= 0.3 is 0 Å². The van der Waals surface area contributed by atoms with Crippen LogP contribution in [0.15, 0.2) is 60.9 Å². The number of anilines is 1. The molecule has 188 valence electrons. The van der Waals surface area contributed by atoms with Crippen molar-refractivity contribution in [3.05, 3.63) is 89.3 Å². The zero-order chi connectivity index (χ0) is 26.1. The minimum Gasteiger partial charge on any atom is -0.364 e. The van der Waals surface area contributed by atoms with Crippen LogP contribution in [-0.4, -0.2) is 43.6 Å². The van der Waals surface area contributed by atoms with Crippen LogP contribution < -0.4 is 16.0 Å². The van der Waals surface area contributed by atoms with E-state index < -0.39 is 5.91 Å². The first kappa shape index (κ1) is 24.0. The van der Waals surface area contributed by atoms with Gasteiger partial charge in [0.1, 0.15) is 11.5 Å². The van der Waals surface area contributed by atoms with Gasteiger partial charge < -0.3 is 20.5 Å². The molecule has 0 saturated carbocycles. The number of carbonyl (C=O) groups excluding carboxylic acids is 3. The molecule has 1 aliphatic rings. The number of rotatable bonds is 7. The molecule has 1 aliphatic heterocycles. The Balaban J connectivity index is 1.44. The van der Waals surface area contributed by atoms with Gasteiger partial charge in [-0.25, -0.2) is 9.67 Å². The number of nitrogens with one attached hydrogen (secondary N) is 1. The molecule has 0 unspecified atom stereocenters. The van der Waals surface area contributed by atoms with Crippen molar-refractivity contribution < 1.29 is 14.4 Å². The number of primary amides is 1. The maximum atomic E-state index is 13.7. The molecule has 5 rings (SSSR count). The zero-order valence-electron chi connectivity index (χ0n) is 20.6. The van der Waals surface area contributed by atoms with Crippen LogP contribution in [-0.2, 0) is 17.8 Å². The molecule has 3 amide bonds. The fourth-order valence-electron chi connectivity index (χ4n) is 4.47. The molecule has 0 radical (unpaired) electrons. The van der Waals surface area contributed by atoms with Crippen molar-refractivity contribution >= 4 is 23.4 Å². The number of nitrogens with two attached hydrogens (primary N) is 1. The number of imidazole rings is 1. The Kier molecular flexibility index (Phi) is 6.31. The first-order valence-corrected chi connectivity index (χ1v) is 12.1. The van der Waals surface area contributed by atoms with Crippen LogP contribution in [0.4, 0.5) is 5.69 Å². The van der Waals surface area contributed by atoms with E-state index in [-0.39, 0.29) is 17.5 Å². The fourth-order valence-corrected chi connectivity index (χ4v) is 4.47. The number of fused-ring (bicyclic) bond motifs is 1. The second-order valence-electron chi connectivity index (χ2n) is 8.85. The molecule has 3 N–H and O–H groups in total. The molecule has 10 nitrogen and oxygen atoms in total. The van der Waals surface area contributed by atoms with Gasteiger partial charge in [0.25, 0.3) is 11.8 Å².